The summed E-state index contributed by atoms with van der Waals surface area (Å²) in [7, 11) is 1.56. The molecule has 30 heavy (non-hydrogen) atoms. The normalized spacial score (nSPS) is 17.9. The number of aliphatic hydroxyl groups excluding tert-OH is 1. The Morgan fingerprint density at radius 1 is 1.00 bits per heavy atom. The van der Waals surface area contributed by atoms with Crippen LogP contribution in [0.2, 0.25) is 0 Å². The summed E-state index contributed by atoms with van der Waals surface area (Å²) in [6, 6.07) is 18.5. The molecule has 150 valence electrons. The fourth-order valence-electron chi connectivity index (χ4n) is 3.53. The Hall–Kier alpha value is -3.93. The van der Waals surface area contributed by atoms with Gasteiger partial charge in [0.2, 0.25) is 0 Å². The molecule has 6 nitrogen and oxygen atoms in total. The molecule has 2 aromatic carbocycles. The first-order valence-electron chi connectivity index (χ1n) is 9.44. The molecular weight excluding hydrogens is 380 g/mol. The number of nitrogens with zero attached hydrogens (tertiary/aromatic N) is 2. The molecule has 1 aromatic heterocycles. The Kier molecular flexibility index (Phi) is 5.06. The quantitative estimate of drug-likeness (QED) is 0.406. The molecule has 0 radical (unpaired) electrons. The van der Waals surface area contributed by atoms with Gasteiger partial charge in [-0.3, -0.25) is 14.5 Å². The number of hydrogen-bond acceptors (Lipinski definition) is 5. The summed E-state index contributed by atoms with van der Waals surface area (Å²) in [6.07, 6.45) is 1.56. The van der Waals surface area contributed by atoms with Crippen LogP contribution in [0.25, 0.3) is 5.76 Å². The fourth-order valence-corrected chi connectivity index (χ4v) is 3.53. The number of ketones is 1. The molecule has 0 unspecified atom stereocenters. The van der Waals surface area contributed by atoms with Crippen LogP contribution in [0.15, 0.2) is 78.5 Å². The van der Waals surface area contributed by atoms with Gasteiger partial charge >= 0.3 is 5.91 Å². The molecular formula is C24H20N2O4. The van der Waals surface area contributed by atoms with Crippen LogP contribution in [0.1, 0.15) is 22.7 Å². The van der Waals surface area contributed by atoms with Gasteiger partial charge in [-0.1, -0.05) is 48.0 Å². The first-order chi connectivity index (χ1) is 14.5. The van der Waals surface area contributed by atoms with Crippen molar-refractivity contribution in [3.05, 3.63) is 95.2 Å². The first-order valence-corrected chi connectivity index (χ1v) is 9.44. The molecule has 1 saturated heterocycles. The number of benzene rings is 2. The van der Waals surface area contributed by atoms with Crippen molar-refractivity contribution in [3.8, 4) is 5.75 Å². The highest BCUT2D eigenvalue weighted by atomic mass is 16.5. The average Bonchev–Trinajstić information content (AvgIpc) is 3.05. The Morgan fingerprint density at radius 3 is 2.30 bits per heavy atom. The van der Waals surface area contributed by atoms with E-state index in [1.165, 1.54) is 4.90 Å². The van der Waals surface area contributed by atoms with Crippen LogP contribution in [-0.4, -0.2) is 28.9 Å². The third kappa shape index (κ3) is 3.33. The summed E-state index contributed by atoms with van der Waals surface area (Å²) in [5.74, 6) is -0.717. The molecule has 1 atom stereocenters. The van der Waals surface area contributed by atoms with E-state index < -0.39 is 17.7 Å². The number of aliphatic hydroxyl groups is 1. The molecule has 1 aliphatic rings. The van der Waals surface area contributed by atoms with Gasteiger partial charge in [-0.15, -0.1) is 0 Å². The van der Waals surface area contributed by atoms with Gasteiger partial charge in [-0.05, 0) is 36.8 Å². The number of ether oxygens (including phenoxy) is 1. The molecule has 4 rings (SSSR count). The standard InChI is InChI=1S/C24H20N2O4/c1-15-6-8-17(9-7-15)22(27)20-21(16-10-12-18(30-2)13-11-16)26(24(29)23(20)28)19-5-3-4-14-25-19/h3-14,21,27H,1-2H3/t21-/m1/s1. The van der Waals surface area contributed by atoms with Gasteiger partial charge in [0, 0.05) is 11.8 Å². The predicted molar refractivity (Wildman–Crippen MR) is 113 cm³/mol. The van der Waals surface area contributed by atoms with E-state index in [9.17, 15) is 14.7 Å². The highest BCUT2D eigenvalue weighted by Gasteiger charge is 2.47. The van der Waals surface area contributed by atoms with E-state index in [-0.39, 0.29) is 11.3 Å². The number of carbonyl (C=O) groups excluding carboxylic acids is 2. The fraction of sp³-hybridized carbons (Fsp3) is 0.125. The molecule has 2 heterocycles. The molecule has 0 aliphatic carbocycles. The Balaban J connectivity index is 1.92. The molecule has 0 saturated carbocycles. The van der Waals surface area contributed by atoms with E-state index in [2.05, 4.69) is 4.98 Å². The van der Waals surface area contributed by atoms with Crippen LogP contribution < -0.4 is 9.64 Å². The maximum atomic E-state index is 13.0. The lowest BCUT2D eigenvalue weighted by Crippen LogP contribution is -2.30. The van der Waals surface area contributed by atoms with Crippen LogP contribution in [-0.2, 0) is 9.59 Å². The van der Waals surface area contributed by atoms with Crippen molar-refractivity contribution in [1.82, 2.24) is 4.98 Å². The third-order valence-electron chi connectivity index (χ3n) is 5.10. The minimum atomic E-state index is -0.813. The van der Waals surface area contributed by atoms with Gasteiger partial charge in [0.1, 0.15) is 17.3 Å². The van der Waals surface area contributed by atoms with E-state index in [1.807, 2.05) is 19.1 Å². The topological polar surface area (TPSA) is 79.7 Å². The molecule has 3 aromatic rings. The number of aryl methyl sites for hydroxylation is 1. The minimum absolute atomic E-state index is 0.0275. The number of rotatable bonds is 4. The van der Waals surface area contributed by atoms with Gasteiger partial charge in [0.05, 0.1) is 18.7 Å². The average molecular weight is 400 g/mol. The zero-order valence-corrected chi connectivity index (χ0v) is 16.6. The number of hydrogen-bond donors (Lipinski definition) is 1. The van der Waals surface area contributed by atoms with Crippen LogP contribution in [0.3, 0.4) is 0 Å². The summed E-state index contributed by atoms with van der Waals surface area (Å²) in [6.45, 7) is 1.93. The molecule has 6 heteroatoms. The second-order valence-corrected chi connectivity index (χ2v) is 7.00. The summed E-state index contributed by atoms with van der Waals surface area (Å²) >= 11 is 0. The van der Waals surface area contributed by atoms with Crippen molar-refractivity contribution >= 4 is 23.3 Å². The van der Waals surface area contributed by atoms with Crippen molar-refractivity contribution < 1.29 is 19.4 Å². The van der Waals surface area contributed by atoms with Crippen LogP contribution >= 0.6 is 0 Å². The molecule has 1 N–H and O–H groups in total. The van der Waals surface area contributed by atoms with Crippen molar-refractivity contribution in [2.45, 2.75) is 13.0 Å². The zero-order valence-electron chi connectivity index (χ0n) is 16.6. The summed E-state index contributed by atoms with van der Waals surface area (Å²) in [5, 5.41) is 11.0. The van der Waals surface area contributed by atoms with Gasteiger partial charge in [0.25, 0.3) is 5.78 Å². The summed E-state index contributed by atoms with van der Waals surface area (Å²) < 4.78 is 5.22. The lowest BCUT2D eigenvalue weighted by molar-refractivity contribution is -0.132. The van der Waals surface area contributed by atoms with Crippen LogP contribution in [0, 0.1) is 6.92 Å². The van der Waals surface area contributed by atoms with E-state index in [0.717, 1.165) is 5.56 Å². The molecule has 0 spiro atoms. The van der Waals surface area contributed by atoms with Crippen LogP contribution in [0.4, 0.5) is 5.82 Å². The lowest BCUT2D eigenvalue weighted by Gasteiger charge is -2.24. The van der Waals surface area contributed by atoms with Crippen molar-refractivity contribution in [2.24, 2.45) is 0 Å². The number of methoxy groups -OCH3 is 1. The lowest BCUT2D eigenvalue weighted by atomic mass is 9.95. The zero-order chi connectivity index (χ0) is 21.3. The number of Topliss-reactive ketones (excluding diaryl/α,β-unsaturated/α-hetero) is 1. The number of amides is 1. The molecule has 1 fully saturated rings. The predicted octanol–water partition coefficient (Wildman–Crippen LogP) is 4.02. The summed E-state index contributed by atoms with van der Waals surface area (Å²) in [5.41, 5.74) is 2.18. The highest BCUT2D eigenvalue weighted by Crippen LogP contribution is 2.41. The van der Waals surface area contributed by atoms with E-state index in [1.54, 1.807) is 67.9 Å². The van der Waals surface area contributed by atoms with Crippen molar-refractivity contribution in [1.29, 1.82) is 0 Å². The third-order valence-corrected chi connectivity index (χ3v) is 5.10. The Bertz CT molecular complexity index is 1120. The highest BCUT2D eigenvalue weighted by molar-refractivity contribution is 6.51. The van der Waals surface area contributed by atoms with Gasteiger partial charge in [-0.2, -0.15) is 0 Å². The summed E-state index contributed by atoms with van der Waals surface area (Å²) in [4.78, 5) is 31.6. The smallest absolute Gasteiger partial charge is 0.301 e. The maximum absolute atomic E-state index is 13.0. The number of pyridine rings is 1. The van der Waals surface area contributed by atoms with Gasteiger partial charge < -0.3 is 9.84 Å². The van der Waals surface area contributed by atoms with E-state index >= 15 is 0 Å². The Morgan fingerprint density at radius 2 is 1.70 bits per heavy atom. The van der Waals surface area contributed by atoms with E-state index in [4.69, 9.17) is 4.74 Å². The second-order valence-electron chi connectivity index (χ2n) is 7.00. The number of aromatic nitrogens is 1. The maximum Gasteiger partial charge on any atom is 0.301 e. The van der Waals surface area contributed by atoms with Gasteiger partial charge in [0.15, 0.2) is 0 Å². The molecule has 1 aliphatic heterocycles. The molecule has 0 bridgehead atoms. The van der Waals surface area contributed by atoms with E-state index in [0.29, 0.717) is 22.7 Å². The largest absolute Gasteiger partial charge is 0.507 e. The van der Waals surface area contributed by atoms with Gasteiger partial charge in [-0.25, -0.2) is 4.98 Å². The monoisotopic (exact) mass is 400 g/mol. The van der Waals surface area contributed by atoms with Crippen molar-refractivity contribution in [3.63, 3.8) is 0 Å². The number of carbonyl (C=O) groups is 2. The minimum Gasteiger partial charge on any atom is -0.507 e. The van der Waals surface area contributed by atoms with Crippen molar-refractivity contribution in [2.75, 3.05) is 12.0 Å². The Labute approximate surface area is 174 Å². The second kappa shape index (κ2) is 7.83. The number of anilines is 1. The first kappa shape index (κ1) is 19.4. The SMILES string of the molecule is COc1ccc([C@@H]2C(=C(O)c3ccc(C)cc3)C(=O)C(=O)N2c2ccccn2)cc1. The molecule has 1 amide bonds. The van der Waals surface area contributed by atoms with Crippen LogP contribution in [0.5, 0.6) is 5.75 Å².